The number of aromatic nitrogens is 2. The number of anilines is 2. The zero-order valence-electron chi connectivity index (χ0n) is 19.6. The number of alkyl halides is 3. The second kappa shape index (κ2) is 9.65. The minimum absolute atomic E-state index is 0.0355. The van der Waals surface area contributed by atoms with E-state index in [1.807, 2.05) is 18.2 Å². The molecule has 0 bridgehead atoms. The predicted molar refractivity (Wildman–Crippen MR) is 126 cm³/mol. The second-order valence-corrected chi connectivity index (χ2v) is 8.83. The van der Waals surface area contributed by atoms with Crippen LogP contribution in [0.25, 0.3) is 11.3 Å². The molecule has 4 atom stereocenters. The van der Waals surface area contributed by atoms with Crippen LogP contribution in [0, 0.1) is 0 Å². The first-order valence-corrected chi connectivity index (χ1v) is 11.7. The predicted octanol–water partition coefficient (Wildman–Crippen LogP) is 4.09. The van der Waals surface area contributed by atoms with Crippen molar-refractivity contribution in [3.8, 4) is 22.8 Å². The summed E-state index contributed by atoms with van der Waals surface area (Å²) in [4.78, 5) is 21.2. The molecular weight excluding hydrogens is 509 g/mol. The fourth-order valence-electron chi connectivity index (χ4n) is 4.56. The fraction of sp³-hybridized carbons (Fsp3) is 0.320. The average Bonchev–Trinajstić information content (AvgIpc) is 3.62. The van der Waals surface area contributed by atoms with E-state index in [0.29, 0.717) is 23.1 Å². The molecule has 38 heavy (non-hydrogen) atoms. The molecule has 0 spiro atoms. The molecule has 2 fully saturated rings. The van der Waals surface area contributed by atoms with E-state index >= 15 is 0 Å². The number of hydrogen-bond donors (Lipinski definition) is 2. The third-order valence-corrected chi connectivity index (χ3v) is 6.34. The lowest BCUT2D eigenvalue weighted by molar-refractivity contribution is -0.137. The van der Waals surface area contributed by atoms with Crippen LogP contribution in [0.4, 0.5) is 29.6 Å². The van der Waals surface area contributed by atoms with E-state index in [4.69, 9.17) is 23.7 Å². The largest absolute Gasteiger partial charge is 0.454 e. The maximum atomic E-state index is 12.9. The summed E-state index contributed by atoms with van der Waals surface area (Å²) in [6.45, 7) is 0.501. The van der Waals surface area contributed by atoms with E-state index in [1.165, 1.54) is 12.1 Å². The van der Waals surface area contributed by atoms with Gasteiger partial charge in [-0.05, 0) is 42.5 Å². The van der Waals surface area contributed by atoms with E-state index in [0.717, 1.165) is 17.7 Å². The van der Waals surface area contributed by atoms with Crippen molar-refractivity contribution in [2.24, 2.45) is 0 Å². The van der Waals surface area contributed by atoms with Gasteiger partial charge in [0.1, 0.15) is 12.2 Å². The Hall–Kier alpha value is -4.10. The molecule has 3 aliphatic heterocycles. The molecule has 10 nitrogen and oxygen atoms in total. The molecule has 4 unspecified atom stereocenters. The zero-order chi connectivity index (χ0) is 26.3. The summed E-state index contributed by atoms with van der Waals surface area (Å²) in [5.74, 6) is 1.68. The van der Waals surface area contributed by atoms with Gasteiger partial charge in [0.15, 0.2) is 17.6 Å². The Bertz CT molecular complexity index is 1360. The van der Waals surface area contributed by atoms with Gasteiger partial charge in [0.05, 0.1) is 30.5 Å². The molecule has 2 saturated heterocycles. The number of carbonyl (C=O) groups is 1. The molecular formula is C25H21F3N4O6. The SMILES string of the molecule is O=C(Nc1cccc(C(F)(F)F)c1)OC1COC2C(Nc3nccc(-c4ccc5c(c4)OCO5)n3)COC12. The smallest absolute Gasteiger partial charge is 0.416 e. The number of rotatable bonds is 5. The lowest BCUT2D eigenvalue weighted by Gasteiger charge is -2.18. The van der Waals surface area contributed by atoms with Crippen LogP contribution >= 0.6 is 0 Å². The van der Waals surface area contributed by atoms with E-state index in [-0.39, 0.29) is 31.7 Å². The minimum Gasteiger partial charge on any atom is -0.454 e. The summed E-state index contributed by atoms with van der Waals surface area (Å²) < 4.78 is 66.6. The quantitative estimate of drug-likeness (QED) is 0.504. The molecule has 1 aromatic heterocycles. The van der Waals surface area contributed by atoms with Crippen molar-refractivity contribution in [1.82, 2.24) is 9.97 Å². The topological polar surface area (TPSA) is 113 Å². The van der Waals surface area contributed by atoms with Crippen molar-refractivity contribution in [3.63, 3.8) is 0 Å². The number of ether oxygens (including phenoxy) is 5. The third kappa shape index (κ3) is 4.89. The minimum atomic E-state index is -4.53. The summed E-state index contributed by atoms with van der Waals surface area (Å²) in [5, 5.41) is 5.54. The first-order valence-electron chi connectivity index (χ1n) is 11.7. The van der Waals surface area contributed by atoms with Crippen molar-refractivity contribution < 1.29 is 41.7 Å². The summed E-state index contributed by atoms with van der Waals surface area (Å²) >= 11 is 0. The number of nitrogens with one attached hydrogen (secondary N) is 2. The summed E-state index contributed by atoms with van der Waals surface area (Å²) in [6.07, 6.45) is -5.54. The lowest BCUT2D eigenvalue weighted by atomic mass is 10.1. The van der Waals surface area contributed by atoms with E-state index < -0.39 is 36.1 Å². The van der Waals surface area contributed by atoms with Crippen LogP contribution in [0.1, 0.15) is 5.56 Å². The summed E-state index contributed by atoms with van der Waals surface area (Å²) in [5.41, 5.74) is 0.595. The van der Waals surface area contributed by atoms with Gasteiger partial charge in [-0.3, -0.25) is 5.32 Å². The molecule has 0 radical (unpaired) electrons. The van der Waals surface area contributed by atoms with Crippen LogP contribution in [-0.2, 0) is 20.4 Å². The number of hydrogen-bond acceptors (Lipinski definition) is 9. The van der Waals surface area contributed by atoms with Gasteiger partial charge in [0.25, 0.3) is 0 Å². The molecule has 198 valence electrons. The normalized spacial score (nSPS) is 23.7. The molecule has 0 aliphatic carbocycles. The van der Waals surface area contributed by atoms with Crippen LogP contribution in [0.2, 0.25) is 0 Å². The Balaban J connectivity index is 1.07. The number of benzene rings is 2. The highest BCUT2D eigenvalue weighted by molar-refractivity contribution is 5.84. The van der Waals surface area contributed by atoms with E-state index in [2.05, 4.69) is 20.6 Å². The standard InChI is InChI=1S/C25H21F3N4O6/c26-25(27,28)14-2-1-3-15(9-14)30-24(33)38-20-11-35-21-17(10-34-22(20)21)32-23-29-7-6-16(31-23)13-4-5-18-19(8-13)37-12-36-18/h1-9,17,20-22H,10-12H2,(H,30,33)(H,29,31,32). The van der Waals surface area contributed by atoms with Crippen molar-refractivity contribution in [2.75, 3.05) is 30.6 Å². The summed E-state index contributed by atoms with van der Waals surface area (Å²) in [7, 11) is 0. The Morgan fingerprint density at radius 1 is 1.00 bits per heavy atom. The molecule has 6 rings (SSSR count). The molecule has 4 heterocycles. The van der Waals surface area contributed by atoms with Crippen molar-refractivity contribution in [2.45, 2.75) is 30.5 Å². The number of halogens is 3. The summed E-state index contributed by atoms with van der Waals surface area (Å²) in [6, 6.07) is 11.3. The van der Waals surface area contributed by atoms with Gasteiger partial charge >= 0.3 is 12.3 Å². The molecule has 1 amide bonds. The number of amides is 1. The number of fused-ring (bicyclic) bond motifs is 2. The Morgan fingerprint density at radius 2 is 1.84 bits per heavy atom. The molecule has 13 heteroatoms. The monoisotopic (exact) mass is 530 g/mol. The van der Waals surface area contributed by atoms with Crippen LogP contribution in [0.15, 0.2) is 54.7 Å². The van der Waals surface area contributed by atoms with Gasteiger partial charge in [-0.1, -0.05) is 6.07 Å². The number of carbonyl (C=O) groups excluding carboxylic acids is 1. The van der Waals surface area contributed by atoms with Gasteiger partial charge in [-0.25, -0.2) is 14.8 Å². The highest BCUT2D eigenvalue weighted by Crippen LogP contribution is 2.36. The van der Waals surface area contributed by atoms with Crippen LogP contribution in [0.5, 0.6) is 11.5 Å². The zero-order valence-corrected chi connectivity index (χ0v) is 19.6. The Kier molecular flexibility index (Phi) is 6.16. The van der Waals surface area contributed by atoms with Crippen molar-refractivity contribution >= 4 is 17.7 Å². The Labute approximate surface area is 214 Å². The third-order valence-electron chi connectivity index (χ3n) is 6.34. The molecule has 3 aromatic rings. The highest BCUT2D eigenvalue weighted by Gasteiger charge is 2.49. The lowest BCUT2D eigenvalue weighted by Crippen LogP contribution is -2.38. The second-order valence-electron chi connectivity index (χ2n) is 8.83. The van der Waals surface area contributed by atoms with Gasteiger partial charge in [-0.15, -0.1) is 0 Å². The average molecular weight is 530 g/mol. The highest BCUT2D eigenvalue weighted by atomic mass is 19.4. The van der Waals surface area contributed by atoms with Gasteiger partial charge in [0, 0.05) is 17.4 Å². The maximum Gasteiger partial charge on any atom is 0.416 e. The van der Waals surface area contributed by atoms with E-state index in [1.54, 1.807) is 12.3 Å². The number of nitrogens with zero attached hydrogens (tertiary/aromatic N) is 2. The van der Waals surface area contributed by atoms with Gasteiger partial charge < -0.3 is 29.0 Å². The molecule has 2 aromatic carbocycles. The van der Waals surface area contributed by atoms with Crippen LogP contribution in [-0.4, -0.2) is 60.4 Å². The van der Waals surface area contributed by atoms with Crippen LogP contribution in [0.3, 0.4) is 0 Å². The van der Waals surface area contributed by atoms with Crippen molar-refractivity contribution in [3.05, 3.63) is 60.3 Å². The first-order chi connectivity index (χ1) is 18.3. The van der Waals surface area contributed by atoms with Gasteiger partial charge in [-0.2, -0.15) is 13.2 Å². The molecule has 3 aliphatic rings. The molecule has 0 saturated carbocycles. The van der Waals surface area contributed by atoms with E-state index in [9.17, 15) is 18.0 Å². The fourth-order valence-corrected chi connectivity index (χ4v) is 4.56. The maximum absolute atomic E-state index is 12.9. The van der Waals surface area contributed by atoms with Gasteiger partial charge in [0.2, 0.25) is 12.7 Å². The molecule has 2 N–H and O–H groups in total. The van der Waals surface area contributed by atoms with Crippen molar-refractivity contribution in [1.29, 1.82) is 0 Å². The van der Waals surface area contributed by atoms with Crippen LogP contribution < -0.4 is 20.1 Å². The Morgan fingerprint density at radius 3 is 2.71 bits per heavy atom. The first kappa shape index (κ1) is 24.2.